The van der Waals surface area contributed by atoms with Crippen molar-refractivity contribution < 1.29 is 45.4 Å². The molecule has 0 aliphatic heterocycles. The van der Waals surface area contributed by atoms with Crippen LogP contribution in [0.2, 0.25) is 0 Å². The summed E-state index contributed by atoms with van der Waals surface area (Å²) >= 11 is 0. The quantitative estimate of drug-likeness (QED) is 0.247. The number of benzene rings is 2. The van der Waals surface area contributed by atoms with Gasteiger partial charge < -0.3 is 18.8 Å². The summed E-state index contributed by atoms with van der Waals surface area (Å²) in [7, 11) is -4.46. The number of aromatic nitrogens is 2. The number of carbonyl (C=O) groups excluding carboxylic acids is 3. The molecular formula is C21H18F3N3O7S. The van der Waals surface area contributed by atoms with Crippen LogP contribution in [0.4, 0.5) is 13.2 Å². The lowest BCUT2D eigenvalue weighted by Crippen LogP contribution is -2.39. The maximum Gasteiger partial charge on any atom is 0.491 e. The van der Waals surface area contributed by atoms with Crippen LogP contribution in [-0.4, -0.2) is 55.0 Å². The lowest BCUT2D eigenvalue weighted by molar-refractivity contribution is -0.202. The van der Waals surface area contributed by atoms with Gasteiger partial charge in [-0.3, -0.25) is 4.79 Å². The molecular weight excluding hydrogens is 495 g/mol. The molecule has 0 fully saturated rings. The fraction of sp³-hybridized carbons (Fsp3) is 0.238. The van der Waals surface area contributed by atoms with Gasteiger partial charge in [0.2, 0.25) is 10.0 Å². The summed E-state index contributed by atoms with van der Waals surface area (Å²) in [4.78, 5) is 37.4. The molecule has 0 spiro atoms. The highest BCUT2D eigenvalue weighted by Crippen LogP contribution is 2.24. The zero-order chi connectivity index (χ0) is 25.6. The van der Waals surface area contributed by atoms with Crippen molar-refractivity contribution in [2.45, 2.75) is 30.1 Å². The fourth-order valence-electron chi connectivity index (χ4n) is 3.00. The number of para-hydroxylation sites is 3. The van der Waals surface area contributed by atoms with E-state index >= 15 is 0 Å². The summed E-state index contributed by atoms with van der Waals surface area (Å²) < 4.78 is 75.1. The lowest BCUT2D eigenvalue weighted by Gasteiger charge is -2.16. The first-order chi connectivity index (χ1) is 16.5. The number of esters is 2. The molecule has 14 heteroatoms. The summed E-state index contributed by atoms with van der Waals surface area (Å²) in [5, 5.41) is 0. The van der Waals surface area contributed by atoms with E-state index in [9.17, 15) is 36.0 Å². The molecule has 1 atom stereocenters. The molecule has 0 radical (unpaired) electrons. The molecule has 35 heavy (non-hydrogen) atoms. The second kappa shape index (κ2) is 10.7. The van der Waals surface area contributed by atoms with Crippen LogP contribution in [0.15, 0.2) is 59.8 Å². The predicted molar refractivity (Wildman–Crippen MR) is 114 cm³/mol. The van der Waals surface area contributed by atoms with E-state index in [1.807, 2.05) is 29.0 Å². The van der Waals surface area contributed by atoms with Crippen molar-refractivity contribution in [3.63, 3.8) is 0 Å². The van der Waals surface area contributed by atoms with Crippen LogP contribution in [-0.2, 0) is 35.7 Å². The minimum absolute atomic E-state index is 0.00943. The summed E-state index contributed by atoms with van der Waals surface area (Å²) in [6, 6.07) is 11.0. The van der Waals surface area contributed by atoms with Gasteiger partial charge in [-0.25, -0.2) is 22.9 Å². The third kappa shape index (κ3) is 6.64. The largest absolute Gasteiger partial charge is 0.491 e. The number of hydrogen-bond donors (Lipinski definition) is 1. The number of ether oxygens (including phenoxy) is 2. The molecule has 1 heterocycles. The molecule has 10 nitrogen and oxygen atoms in total. The number of sulfonamides is 1. The van der Waals surface area contributed by atoms with Crippen LogP contribution in [0.25, 0.3) is 11.0 Å². The number of imidazole rings is 1. The van der Waals surface area contributed by atoms with Crippen LogP contribution in [0.1, 0.15) is 6.42 Å². The molecule has 1 unspecified atom stereocenters. The molecule has 0 bridgehead atoms. The number of halogens is 3. The molecule has 1 aromatic heterocycles. The van der Waals surface area contributed by atoms with Gasteiger partial charge in [0.05, 0.1) is 36.4 Å². The first-order valence-corrected chi connectivity index (χ1v) is 11.4. The highest BCUT2D eigenvalue weighted by Gasteiger charge is 2.42. The van der Waals surface area contributed by atoms with Crippen LogP contribution >= 0.6 is 0 Å². The van der Waals surface area contributed by atoms with E-state index < -0.39 is 40.6 Å². The van der Waals surface area contributed by atoms with Gasteiger partial charge >= 0.3 is 18.1 Å². The van der Waals surface area contributed by atoms with Crippen molar-refractivity contribution in [3.05, 3.63) is 54.9 Å². The SMILES string of the molecule is O=CC(CC(=O)OC(=O)C(F)(F)F)NS(=O)(=O)c1ccccc1OCCn1cnc2ccccc21. The summed E-state index contributed by atoms with van der Waals surface area (Å²) in [6.45, 7) is 0.383. The Kier molecular flexibility index (Phi) is 7.86. The first-order valence-electron chi connectivity index (χ1n) is 9.92. The molecule has 0 amide bonds. The number of nitrogens with zero attached hydrogens (tertiary/aromatic N) is 2. The van der Waals surface area contributed by atoms with E-state index in [0.29, 0.717) is 6.54 Å². The van der Waals surface area contributed by atoms with Crippen molar-refractivity contribution in [3.8, 4) is 5.75 Å². The van der Waals surface area contributed by atoms with Gasteiger partial charge in [0.25, 0.3) is 0 Å². The van der Waals surface area contributed by atoms with Crippen LogP contribution in [0.3, 0.4) is 0 Å². The van der Waals surface area contributed by atoms with Gasteiger partial charge in [-0.05, 0) is 24.3 Å². The Morgan fingerprint density at radius 2 is 1.80 bits per heavy atom. The van der Waals surface area contributed by atoms with Crippen molar-refractivity contribution >= 4 is 39.3 Å². The minimum Gasteiger partial charge on any atom is -0.490 e. The summed E-state index contributed by atoms with van der Waals surface area (Å²) in [5.41, 5.74) is 1.62. The smallest absolute Gasteiger partial charge is 0.490 e. The maximum absolute atomic E-state index is 12.8. The zero-order valence-electron chi connectivity index (χ0n) is 17.8. The lowest BCUT2D eigenvalue weighted by atomic mass is 10.2. The van der Waals surface area contributed by atoms with Gasteiger partial charge in [-0.15, -0.1) is 0 Å². The Morgan fingerprint density at radius 3 is 2.51 bits per heavy atom. The van der Waals surface area contributed by atoms with Gasteiger partial charge in [0, 0.05) is 0 Å². The highest BCUT2D eigenvalue weighted by molar-refractivity contribution is 7.89. The van der Waals surface area contributed by atoms with E-state index in [1.54, 1.807) is 10.9 Å². The number of fused-ring (bicyclic) bond motifs is 1. The van der Waals surface area contributed by atoms with Crippen LogP contribution < -0.4 is 9.46 Å². The molecule has 2 aromatic carbocycles. The molecule has 186 valence electrons. The minimum atomic E-state index is -5.43. The third-order valence-corrected chi connectivity index (χ3v) is 6.08. The number of alkyl halides is 3. The molecule has 0 aliphatic carbocycles. The Morgan fingerprint density at radius 1 is 1.11 bits per heavy atom. The van der Waals surface area contributed by atoms with Crippen molar-refractivity contribution in [1.82, 2.24) is 14.3 Å². The number of nitrogens with one attached hydrogen (secondary N) is 1. The van der Waals surface area contributed by atoms with Gasteiger partial charge in [-0.2, -0.15) is 13.2 Å². The van der Waals surface area contributed by atoms with Crippen molar-refractivity contribution in [1.29, 1.82) is 0 Å². The molecule has 3 aromatic rings. The molecule has 0 saturated carbocycles. The average molecular weight is 513 g/mol. The van der Waals surface area contributed by atoms with Gasteiger partial charge in [-0.1, -0.05) is 24.3 Å². The molecule has 1 N–H and O–H groups in total. The average Bonchev–Trinajstić information content (AvgIpc) is 3.21. The van der Waals surface area contributed by atoms with Crippen LogP contribution in [0, 0.1) is 0 Å². The maximum atomic E-state index is 12.8. The van der Waals surface area contributed by atoms with E-state index in [0.717, 1.165) is 11.0 Å². The summed E-state index contributed by atoms with van der Waals surface area (Å²) in [6.07, 6.45) is -4.97. The molecule has 0 saturated heterocycles. The second-order valence-corrected chi connectivity index (χ2v) is 8.73. The van der Waals surface area contributed by atoms with Crippen LogP contribution in [0.5, 0.6) is 5.75 Å². The van der Waals surface area contributed by atoms with E-state index in [4.69, 9.17) is 4.74 Å². The predicted octanol–water partition coefficient (Wildman–Crippen LogP) is 1.98. The van der Waals surface area contributed by atoms with Gasteiger partial charge in [0.15, 0.2) is 0 Å². The Labute approximate surface area is 196 Å². The third-order valence-electron chi connectivity index (χ3n) is 4.55. The van der Waals surface area contributed by atoms with Gasteiger partial charge in [0.1, 0.15) is 23.5 Å². The molecule has 0 aliphatic rings. The Hall–Kier alpha value is -3.78. The van der Waals surface area contributed by atoms with E-state index in [2.05, 4.69) is 9.72 Å². The number of hydrogen-bond acceptors (Lipinski definition) is 8. The zero-order valence-corrected chi connectivity index (χ0v) is 18.6. The topological polar surface area (TPSA) is 134 Å². The fourth-order valence-corrected chi connectivity index (χ4v) is 4.31. The monoisotopic (exact) mass is 513 g/mol. The second-order valence-electron chi connectivity index (χ2n) is 7.05. The normalized spacial score (nSPS) is 12.8. The number of carbonyl (C=O) groups is 3. The van der Waals surface area contributed by atoms with Crippen molar-refractivity contribution in [2.75, 3.05) is 6.61 Å². The Balaban J connectivity index is 1.66. The standard InChI is InChI=1S/C21H18F3N3O7S/c22-21(23,24)20(30)34-19(29)11-14(12-28)26-35(31,32)18-8-4-3-7-17(18)33-10-9-27-13-25-15-5-1-2-6-16(15)27/h1-8,12-14,26H,9-11H2. The summed E-state index contributed by atoms with van der Waals surface area (Å²) in [5.74, 6) is -4.58. The van der Waals surface area contributed by atoms with Crippen molar-refractivity contribution in [2.24, 2.45) is 0 Å². The van der Waals surface area contributed by atoms with E-state index in [-0.39, 0.29) is 23.5 Å². The van der Waals surface area contributed by atoms with E-state index in [1.165, 1.54) is 24.3 Å². The Bertz CT molecular complexity index is 1340. The number of aldehydes is 1. The first kappa shape index (κ1) is 25.8. The highest BCUT2D eigenvalue weighted by atomic mass is 32.2. The molecule has 3 rings (SSSR count). The number of rotatable bonds is 10.